The van der Waals surface area contributed by atoms with Crippen molar-refractivity contribution in [1.29, 1.82) is 0 Å². The van der Waals surface area contributed by atoms with E-state index in [0.717, 1.165) is 12.1 Å². The number of halogens is 7. The first-order valence-electron chi connectivity index (χ1n) is 10.6. The van der Waals surface area contributed by atoms with Gasteiger partial charge in [-0.25, -0.2) is 4.98 Å². The van der Waals surface area contributed by atoms with Gasteiger partial charge in [-0.15, -0.1) is 0 Å². The summed E-state index contributed by atoms with van der Waals surface area (Å²) >= 11 is 6.39. The molecule has 1 N–H and O–H groups in total. The summed E-state index contributed by atoms with van der Waals surface area (Å²) in [4.78, 5) is 6.18. The molecule has 0 unspecified atom stereocenters. The van der Waals surface area contributed by atoms with E-state index in [9.17, 15) is 26.3 Å². The molecule has 1 aromatic heterocycles. The lowest BCUT2D eigenvalue weighted by molar-refractivity contribution is -0.143. The largest absolute Gasteiger partial charge is 0.416 e. The van der Waals surface area contributed by atoms with Gasteiger partial charge in [0.15, 0.2) is 0 Å². The predicted molar refractivity (Wildman–Crippen MR) is 127 cm³/mol. The zero-order valence-electron chi connectivity index (χ0n) is 19.4. The van der Waals surface area contributed by atoms with Gasteiger partial charge in [0.05, 0.1) is 23.0 Å². The first kappa shape index (κ1) is 26.7. The summed E-state index contributed by atoms with van der Waals surface area (Å²) in [5, 5.41) is 3.64. The standard InChI is InChI=1S/C25H24ClF6N3/c1-23(2,15-9-16(24(27,28)29)11-17(10-15)25(30,31)32)14-34-21-13-33-22(35(3)4)12-19(21)18-7-5-6-8-20(18)26/h5-13,34H,14H2,1-4H3. The summed E-state index contributed by atoms with van der Waals surface area (Å²) in [5.41, 5.74) is -1.93. The maximum absolute atomic E-state index is 13.3. The molecule has 1 heterocycles. The first-order chi connectivity index (χ1) is 16.1. The van der Waals surface area contributed by atoms with E-state index in [4.69, 9.17) is 11.6 Å². The highest BCUT2D eigenvalue weighted by Gasteiger charge is 2.38. The second-order valence-corrected chi connectivity index (χ2v) is 9.40. The van der Waals surface area contributed by atoms with Crippen LogP contribution >= 0.6 is 11.6 Å². The van der Waals surface area contributed by atoms with E-state index in [1.165, 1.54) is 0 Å². The number of hydrogen-bond donors (Lipinski definition) is 1. The first-order valence-corrected chi connectivity index (χ1v) is 10.9. The molecule has 0 saturated carbocycles. The third-order valence-electron chi connectivity index (χ3n) is 5.60. The summed E-state index contributed by atoms with van der Waals surface area (Å²) in [7, 11) is 3.64. The van der Waals surface area contributed by atoms with Crippen molar-refractivity contribution in [2.45, 2.75) is 31.6 Å². The van der Waals surface area contributed by atoms with Crippen LogP contribution in [0.4, 0.5) is 37.8 Å². The summed E-state index contributed by atoms with van der Waals surface area (Å²) in [5.74, 6) is 0.650. The molecule has 0 spiro atoms. The highest BCUT2D eigenvalue weighted by molar-refractivity contribution is 6.33. The lowest BCUT2D eigenvalue weighted by atomic mass is 9.82. The molecule has 0 radical (unpaired) electrons. The van der Waals surface area contributed by atoms with Crippen LogP contribution < -0.4 is 10.2 Å². The average Bonchev–Trinajstić information content (AvgIpc) is 2.76. The number of alkyl halides is 6. The van der Waals surface area contributed by atoms with E-state index in [2.05, 4.69) is 10.3 Å². The Kier molecular flexibility index (Phi) is 7.32. The Morgan fingerprint density at radius 3 is 1.89 bits per heavy atom. The number of hydrogen-bond acceptors (Lipinski definition) is 3. The molecule has 0 aliphatic heterocycles. The fourth-order valence-corrected chi connectivity index (χ4v) is 3.73. The summed E-state index contributed by atoms with van der Waals surface area (Å²) in [6, 6.07) is 10.6. The molecule has 35 heavy (non-hydrogen) atoms. The van der Waals surface area contributed by atoms with Crippen molar-refractivity contribution in [3.8, 4) is 11.1 Å². The molecule has 3 aromatic rings. The Labute approximate surface area is 204 Å². The van der Waals surface area contributed by atoms with E-state index in [0.29, 0.717) is 27.7 Å². The molecule has 0 bridgehead atoms. The quantitative estimate of drug-likeness (QED) is 0.338. The number of rotatable bonds is 6. The molecule has 0 aliphatic carbocycles. The Morgan fingerprint density at radius 1 is 0.829 bits per heavy atom. The predicted octanol–water partition coefficient (Wildman–Crippen LogP) is 7.90. The van der Waals surface area contributed by atoms with E-state index in [1.807, 2.05) is 32.3 Å². The highest BCUT2D eigenvalue weighted by atomic mass is 35.5. The monoisotopic (exact) mass is 515 g/mol. The van der Waals surface area contributed by atoms with Crippen LogP contribution in [0.15, 0.2) is 54.7 Å². The van der Waals surface area contributed by atoms with Crippen molar-refractivity contribution in [3.05, 3.63) is 76.4 Å². The van der Waals surface area contributed by atoms with Gasteiger partial charge in [0.25, 0.3) is 0 Å². The number of pyridine rings is 1. The van der Waals surface area contributed by atoms with Gasteiger partial charge in [-0.05, 0) is 35.9 Å². The van der Waals surface area contributed by atoms with Gasteiger partial charge in [-0.2, -0.15) is 26.3 Å². The minimum Gasteiger partial charge on any atom is -0.382 e. The molecular weight excluding hydrogens is 492 g/mol. The summed E-state index contributed by atoms with van der Waals surface area (Å²) in [6.07, 6.45) is -8.26. The van der Waals surface area contributed by atoms with Crippen molar-refractivity contribution in [2.24, 2.45) is 0 Å². The van der Waals surface area contributed by atoms with Gasteiger partial charge >= 0.3 is 12.4 Å². The van der Waals surface area contributed by atoms with Crippen molar-refractivity contribution >= 4 is 23.1 Å². The molecule has 2 aromatic carbocycles. The molecular formula is C25H24ClF6N3. The molecule has 3 rings (SSSR count). The maximum atomic E-state index is 13.3. The van der Waals surface area contributed by atoms with Crippen molar-refractivity contribution in [1.82, 2.24) is 4.98 Å². The fraction of sp³-hybridized carbons (Fsp3) is 0.320. The van der Waals surface area contributed by atoms with Crippen molar-refractivity contribution in [3.63, 3.8) is 0 Å². The van der Waals surface area contributed by atoms with Crippen LogP contribution in [-0.2, 0) is 17.8 Å². The zero-order chi connectivity index (χ0) is 26.2. The average molecular weight is 516 g/mol. The van der Waals surface area contributed by atoms with Gasteiger partial charge in [0.1, 0.15) is 5.82 Å². The molecule has 3 nitrogen and oxygen atoms in total. The van der Waals surface area contributed by atoms with Crippen LogP contribution in [-0.4, -0.2) is 25.6 Å². The number of anilines is 2. The SMILES string of the molecule is CN(C)c1cc(-c2ccccc2Cl)c(NCC(C)(C)c2cc(C(F)(F)F)cc(C(F)(F)F)c2)cn1. The minimum absolute atomic E-state index is 0.0338. The molecule has 0 fully saturated rings. The third kappa shape index (κ3) is 6.20. The van der Waals surface area contributed by atoms with Crippen molar-refractivity contribution < 1.29 is 26.3 Å². The number of nitrogens with zero attached hydrogens (tertiary/aromatic N) is 2. The number of aromatic nitrogens is 1. The fourth-order valence-electron chi connectivity index (χ4n) is 3.50. The number of nitrogens with one attached hydrogen (secondary N) is 1. The van der Waals surface area contributed by atoms with Crippen molar-refractivity contribution in [2.75, 3.05) is 30.9 Å². The maximum Gasteiger partial charge on any atom is 0.416 e. The Balaban J connectivity index is 2.01. The molecule has 0 aliphatic rings. The van der Waals surface area contributed by atoms with Gasteiger partial charge in [-0.3, -0.25) is 0 Å². The van der Waals surface area contributed by atoms with E-state index in [-0.39, 0.29) is 18.2 Å². The van der Waals surface area contributed by atoms with Gasteiger partial charge in [0, 0.05) is 42.2 Å². The topological polar surface area (TPSA) is 28.2 Å². The van der Waals surface area contributed by atoms with E-state index in [1.54, 1.807) is 37.1 Å². The van der Waals surface area contributed by atoms with E-state index >= 15 is 0 Å². The normalized spacial score (nSPS) is 12.5. The van der Waals surface area contributed by atoms with Gasteiger partial charge in [-0.1, -0.05) is 43.6 Å². The van der Waals surface area contributed by atoms with Crippen LogP contribution in [0.3, 0.4) is 0 Å². The zero-order valence-corrected chi connectivity index (χ0v) is 20.2. The van der Waals surface area contributed by atoms with Crippen LogP contribution in [0.25, 0.3) is 11.1 Å². The Hall–Kier alpha value is -2.94. The highest BCUT2D eigenvalue weighted by Crippen LogP contribution is 2.40. The van der Waals surface area contributed by atoms with Gasteiger partial charge < -0.3 is 10.2 Å². The second-order valence-electron chi connectivity index (χ2n) is 8.99. The lowest BCUT2D eigenvalue weighted by Gasteiger charge is -2.29. The van der Waals surface area contributed by atoms with Crippen LogP contribution in [0.5, 0.6) is 0 Å². The summed E-state index contributed by atoms with van der Waals surface area (Å²) < 4.78 is 80.1. The minimum atomic E-state index is -4.91. The summed E-state index contributed by atoms with van der Waals surface area (Å²) in [6.45, 7) is 3.19. The molecule has 188 valence electrons. The van der Waals surface area contributed by atoms with E-state index < -0.39 is 28.9 Å². The number of benzene rings is 2. The molecule has 0 atom stereocenters. The lowest BCUT2D eigenvalue weighted by Crippen LogP contribution is -2.29. The van der Waals surface area contributed by atoms with Crippen LogP contribution in [0.1, 0.15) is 30.5 Å². The van der Waals surface area contributed by atoms with Gasteiger partial charge in [0.2, 0.25) is 0 Å². The third-order valence-corrected chi connectivity index (χ3v) is 5.93. The Morgan fingerprint density at radius 2 is 1.37 bits per heavy atom. The Bertz CT molecular complexity index is 1170. The molecule has 0 amide bonds. The smallest absolute Gasteiger partial charge is 0.382 e. The second kappa shape index (κ2) is 9.60. The van der Waals surface area contributed by atoms with Crippen LogP contribution in [0.2, 0.25) is 5.02 Å². The molecule has 0 saturated heterocycles. The van der Waals surface area contributed by atoms with Crippen LogP contribution in [0, 0.1) is 0 Å². The molecule has 10 heteroatoms.